The van der Waals surface area contributed by atoms with Crippen molar-refractivity contribution in [2.45, 2.75) is 6.54 Å². The molecule has 0 unspecified atom stereocenters. The van der Waals surface area contributed by atoms with Crippen molar-refractivity contribution in [3.8, 4) is 17.3 Å². The molecule has 0 aliphatic rings. The van der Waals surface area contributed by atoms with Crippen molar-refractivity contribution in [3.05, 3.63) is 94.5 Å². The lowest BCUT2D eigenvalue weighted by Crippen LogP contribution is -2.12. The van der Waals surface area contributed by atoms with Gasteiger partial charge in [0.1, 0.15) is 11.4 Å². The molecule has 0 aliphatic carbocycles. The number of nitrogens with one attached hydrogen (secondary N) is 2. The zero-order chi connectivity index (χ0) is 22.8. The number of imidazole rings is 1. The molecule has 0 aliphatic heterocycles. The summed E-state index contributed by atoms with van der Waals surface area (Å²) in [5.74, 6) is 1.69. The van der Waals surface area contributed by atoms with Crippen molar-refractivity contribution in [2.24, 2.45) is 0 Å². The third-order valence-corrected chi connectivity index (χ3v) is 5.78. The van der Waals surface area contributed by atoms with Crippen molar-refractivity contribution in [2.75, 3.05) is 12.4 Å². The summed E-state index contributed by atoms with van der Waals surface area (Å²) in [6, 6.07) is 24.7. The third-order valence-electron chi connectivity index (χ3n) is 5.25. The van der Waals surface area contributed by atoms with Gasteiger partial charge in [-0.2, -0.15) is 5.10 Å². The van der Waals surface area contributed by atoms with Crippen LogP contribution >= 0.6 is 15.9 Å². The highest BCUT2D eigenvalue weighted by Gasteiger charge is 2.16. The highest BCUT2D eigenvalue weighted by atomic mass is 79.9. The summed E-state index contributed by atoms with van der Waals surface area (Å²) in [5, 5.41) is 7.56. The molecule has 0 saturated carbocycles. The third kappa shape index (κ3) is 4.51. The Labute approximate surface area is 198 Å². The molecular weight excluding hydrogens is 482 g/mol. The molecule has 2 N–H and O–H groups in total. The van der Waals surface area contributed by atoms with Gasteiger partial charge in [-0.15, -0.1) is 0 Å². The molecule has 3 aromatic carbocycles. The van der Waals surface area contributed by atoms with E-state index in [1.165, 1.54) is 0 Å². The van der Waals surface area contributed by atoms with E-state index in [0.29, 0.717) is 23.8 Å². The predicted octanol–water partition coefficient (Wildman–Crippen LogP) is 5.50. The van der Waals surface area contributed by atoms with Crippen LogP contribution in [0.3, 0.4) is 0 Å². The van der Waals surface area contributed by atoms with Gasteiger partial charge in [0, 0.05) is 16.1 Å². The molecule has 33 heavy (non-hydrogen) atoms. The summed E-state index contributed by atoms with van der Waals surface area (Å²) >= 11 is 3.39. The SMILES string of the molecule is COc1ccc(Cn2nc(NC(=O)c3ccc(Br)cc3)cc2-c2nc3ccccc3[nH]2)cc1. The number of para-hydroxylation sites is 2. The maximum Gasteiger partial charge on any atom is 0.256 e. The van der Waals surface area contributed by atoms with Crippen molar-refractivity contribution in [1.82, 2.24) is 19.7 Å². The van der Waals surface area contributed by atoms with Crippen LogP contribution in [0.1, 0.15) is 15.9 Å². The molecule has 8 heteroatoms. The minimum Gasteiger partial charge on any atom is -0.497 e. The molecule has 0 spiro atoms. The van der Waals surface area contributed by atoms with E-state index in [9.17, 15) is 4.79 Å². The number of aromatic nitrogens is 4. The van der Waals surface area contributed by atoms with E-state index >= 15 is 0 Å². The number of H-pyrrole nitrogens is 1. The second kappa shape index (κ2) is 8.91. The number of hydrogen-bond acceptors (Lipinski definition) is 4. The van der Waals surface area contributed by atoms with Gasteiger partial charge >= 0.3 is 0 Å². The summed E-state index contributed by atoms with van der Waals surface area (Å²) in [6.45, 7) is 0.504. The summed E-state index contributed by atoms with van der Waals surface area (Å²) in [7, 11) is 1.64. The number of benzene rings is 3. The number of carbonyl (C=O) groups excluding carboxylic acids is 1. The van der Waals surface area contributed by atoms with Crippen molar-refractivity contribution >= 4 is 38.7 Å². The second-order valence-corrected chi connectivity index (χ2v) is 8.40. The highest BCUT2D eigenvalue weighted by molar-refractivity contribution is 9.10. The first kappa shape index (κ1) is 21.0. The van der Waals surface area contributed by atoms with Gasteiger partial charge < -0.3 is 15.0 Å². The number of amides is 1. The van der Waals surface area contributed by atoms with Gasteiger partial charge in [0.2, 0.25) is 0 Å². The molecule has 0 radical (unpaired) electrons. The fourth-order valence-electron chi connectivity index (χ4n) is 3.56. The van der Waals surface area contributed by atoms with Gasteiger partial charge in [0.15, 0.2) is 11.6 Å². The van der Waals surface area contributed by atoms with Gasteiger partial charge in [-0.1, -0.05) is 40.2 Å². The lowest BCUT2D eigenvalue weighted by atomic mass is 10.2. The fourth-order valence-corrected chi connectivity index (χ4v) is 3.82. The number of nitrogens with zero attached hydrogens (tertiary/aromatic N) is 3. The van der Waals surface area contributed by atoms with Crippen LogP contribution in [0.15, 0.2) is 83.3 Å². The number of hydrogen-bond donors (Lipinski definition) is 2. The van der Waals surface area contributed by atoms with Crippen LogP contribution in [0.4, 0.5) is 5.82 Å². The molecule has 0 fully saturated rings. The first-order valence-electron chi connectivity index (χ1n) is 10.3. The van der Waals surface area contributed by atoms with Gasteiger partial charge in [0.25, 0.3) is 5.91 Å². The molecule has 5 rings (SSSR count). The predicted molar refractivity (Wildman–Crippen MR) is 132 cm³/mol. The maximum absolute atomic E-state index is 12.7. The Morgan fingerprint density at radius 2 is 1.82 bits per heavy atom. The van der Waals surface area contributed by atoms with Crippen molar-refractivity contribution in [1.29, 1.82) is 0 Å². The average Bonchev–Trinajstić information content (AvgIpc) is 3.43. The van der Waals surface area contributed by atoms with E-state index in [-0.39, 0.29) is 5.91 Å². The summed E-state index contributed by atoms with van der Waals surface area (Å²) in [6.07, 6.45) is 0. The quantitative estimate of drug-likeness (QED) is 0.321. The first-order chi connectivity index (χ1) is 16.1. The lowest BCUT2D eigenvalue weighted by Gasteiger charge is -2.07. The zero-order valence-electron chi connectivity index (χ0n) is 17.7. The van der Waals surface area contributed by atoms with E-state index in [1.54, 1.807) is 19.2 Å². The van der Waals surface area contributed by atoms with E-state index in [2.05, 4.69) is 31.3 Å². The number of aromatic amines is 1. The van der Waals surface area contributed by atoms with E-state index in [1.807, 2.05) is 71.4 Å². The van der Waals surface area contributed by atoms with Crippen LogP contribution in [0.2, 0.25) is 0 Å². The van der Waals surface area contributed by atoms with Crippen molar-refractivity contribution < 1.29 is 9.53 Å². The second-order valence-electron chi connectivity index (χ2n) is 7.48. The Morgan fingerprint density at radius 1 is 1.06 bits per heavy atom. The first-order valence-corrected chi connectivity index (χ1v) is 11.1. The number of ether oxygens (including phenoxy) is 1. The average molecular weight is 502 g/mol. The minimum absolute atomic E-state index is 0.229. The molecule has 5 aromatic rings. The highest BCUT2D eigenvalue weighted by Crippen LogP contribution is 2.25. The summed E-state index contributed by atoms with van der Waals surface area (Å²) in [5.41, 5.74) is 4.17. The van der Waals surface area contributed by atoms with Gasteiger partial charge in [0.05, 0.1) is 24.7 Å². The number of methoxy groups -OCH3 is 1. The van der Waals surface area contributed by atoms with Crippen LogP contribution in [-0.4, -0.2) is 32.8 Å². The molecule has 0 bridgehead atoms. The number of fused-ring (bicyclic) bond motifs is 1. The van der Waals surface area contributed by atoms with E-state index in [4.69, 9.17) is 9.72 Å². The number of anilines is 1. The number of carbonyl (C=O) groups is 1. The van der Waals surface area contributed by atoms with Crippen LogP contribution in [0, 0.1) is 0 Å². The van der Waals surface area contributed by atoms with Gasteiger partial charge in [-0.05, 0) is 54.1 Å². The van der Waals surface area contributed by atoms with Crippen LogP contribution in [0.25, 0.3) is 22.6 Å². The lowest BCUT2D eigenvalue weighted by molar-refractivity contribution is 0.102. The largest absolute Gasteiger partial charge is 0.497 e. The molecule has 2 aromatic heterocycles. The monoisotopic (exact) mass is 501 g/mol. The van der Waals surface area contributed by atoms with Crippen molar-refractivity contribution in [3.63, 3.8) is 0 Å². The molecule has 1 amide bonds. The smallest absolute Gasteiger partial charge is 0.256 e. The normalized spacial score (nSPS) is 11.0. The minimum atomic E-state index is -0.229. The number of halogens is 1. The molecular formula is C25H20BrN5O2. The van der Waals surface area contributed by atoms with E-state index < -0.39 is 0 Å². The molecule has 0 atom stereocenters. The Bertz CT molecular complexity index is 1390. The van der Waals surface area contributed by atoms with E-state index in [0.717, 1.165) is 32.5 Å². The van der Waals surface area contributed by atoms with Crippen LogP contribution in [-0.2, 0) is 6.54 Å². The Kier molecular flexibility index (Phi) is 5.66. The molecule has 164 valence electrons. The molecule has 0 saturated heterocycles. The maximum atomic E-state index is 12.7. The topological polar surface area (TPSA) is 84.8 Å². The Morgan fingerprint density at radius 3 is 2.55 bits per heavy atom. The summed E-state index contributed by atoms with van der Waals surface area (Å²) < 4.78 is 8.00. The number of rotatable bonds is 6. The summed E-state index contributed by atoms with van der Waals surface area (Å²) in [4.78, 5) is 20.8. The molecule has 7 nitrogen and oxygen atoms in total. The van der Waals surface area contributed by atoms with Crippen LogP contribution in [0.5, 0.6) is 5.75 Å². The zero-order valence-corrected chi connectivity index (χ0v) is 19.3. The Balaban J connectivity index is 1.50. The van der Waals surface area contributed by atoms with Gasteiger partial charge in [-0.3, -0.25) is 9.48 Å². The Hall–Kier alpha value is -3.91. The fraction of sp³-hybridized carbons (Fsp3) is 0.0800. The van der Waals surface area contributed by atoms with Crippen LogP contribution < -0.4 is 10.1 Å². The van der Waals surface area contributed by atoms with Gasteiger partial charge in [-0.25, -0.2) is 4.98 Å². The standard InChI is InChI=1S/C25H20BrN5O2/c1-33-19-12-6-16(7-13-19)15-31-22(24-27-20-4-2-3-5-21(20)28-24)14-23(30-31)29-25(32)17-8-10-18(26)11-9-17/h2-14H,15H2,1H3,(H,27,28)(H,29,30,32). The molecule has 2 heterocycles.